The van der Waals surface area contributed by atoms with E-state index in [0.29, 0.717) is 0 Å². The number of nitrogens with zero attached hydrogens (tertiary/aromatic N) is 2. The number of rotatable bonds is 8. The minimum absolute atomic E-state index is 0.539. The number of benzene rings is 2. The van der Waals surface area contributed by atoms with Crippen LogP contribution in [0.2, 0.25) is 0 Å². The van der Waals surface area contributed by atoms with Gasteiger partial charge in [-0.05, 0) is 122 Å². The number of hydrogen-bond donors (Lipinski definition) is 1. The predicted molar refractivity (Wildman–Crippen MR) is 153 cm³/mol. The number of aliphatic hydroxyl groups excluding tert-OH is 1. The minimum atomic E-state index is -0.539. The predicted octanol–water partition coefficient (Wildman–Crippen LogP) is 7.02. The Balaban J connectivity index is 1.16. The number of fused-ring (bicyclic) bond motifs is 3. The highest BCUT2D eigenvalue weighted by atomic mass is 16.3. The van der Waals surface area contributed by atoms with E-state index in [1.54, 1.807) is 0 Å². The highest BCUT2D eigenvalue weighted by Gasteiger charge is 2.27. The van der Waals surface area contributed by atoms with Crippen LogP contribution in [0.4, 0.5) is 0 Å². The SMILES string of the molecule is CC1CCN(CCC=Cc2ccc3c(c2)C(O)c2cc(C=CCCN4CCC(C)CC4)ccc2-3)CC1. The number of hydrogen-bond acceptors (Lipinski definition) is 3. The molecule has 2 aromatic rings. The van der Waals surface area contributed by atoms with Crippen molar-refractivity contribution in [3.8, 4) is 11.1 Å². The van der Waals surface area contributed by atoms with E-state index in [-0.39, 0.29) is 0 Å². The third-order valence-corrected chi connectivity index (χ3v) is 8.63. The van der Waals surface area contributed by atoms with E-state index < -0.39 is 6.10 Å². The molecule has 0 aromatic heterocycles. The Morgan fingerprint density at radius 2 is 1.11 bits per heavy atom. The van der Waals surface area contributed by atoms with E-state index in [1.165, 1.54) is 74.1 Å². The molecule has 0 atom stereocenters. The fraction of sp³-hybridized carbons (Fsp3) is 0.515. The molecular formula is C33H44N2O. The Hall–Kier alpha value is -2.20. The summed E-state index contributed by atoms with van der Waals surface area (Å²) in [4.78, 5) is 5.18. The lowest BCUT2D eigenvalue weighted by molar-refractivity contribution is 0.195. The smallest absolute Gasteiger partial charge is 0.105 e. The van der Waals surface area contributed by atoms with Gasteiger partial charge in [-0.3, -0.25) is 0 Å². The van der Waals surface area contributed by atoms with E-state index >= 15 is 0 Å². The monoisotopic (exact) mass is 484 g/mol. The molecule has 2 fully saturated rings. The number of likely N-dealkylation sites (tertiary alicyclic amines) is 2. The first-order valence-electron chi connectivity index (χ1n) is 14.3. The summed E-state index contributed by atoms with van der Waals surface area (Å²) in [5.41, 5.74) is 6.79. The second kappa shape index (κ2) is 11.9. The normalized spacial score (nSPS) is 22.0. The summed E-state index contributed by atoms with van der Waals surface area (Å²) < 4.78 is 0. The van der Waals surface area contributed by atoms with Gasteiger partial charge in [0.15, 0.2) is 0 Å². The summed E-state index contributed by atoms with van der Waals surface area (Å²) in [5, 5.41) is 11.1. The average molecular weight is 485 g/mol. The molecule has 2 aromatic carbocycles. The molecule has 2 aliphatic heterocycles. The van der Waals surface area contributed by atoms with Gasteiger partial charge in [-0.2, -0.15) is 0 Å². The van der Waals surface area contributed by atoms with Gasteiger partial charge in [0, 0.05) is 13.1 Å². The molecule has 2 heterocycles. The van der Waals surface area contributed by atoms with Crippen molar-refractivity contribution in [2.45, 2.75) is 58.5 Å². The fourth-order valence-corrected chi connectivity index (χ4v) is 6.00. The van der Waals surface area contributed by atoms with Crippen molar-refractivity contribution in [2.75, 3.05) is 39.3 Å². The van der Waals surface area contributed by atoms with Crippen molar-refractivity contribution in [1.82, 2.24) is 9.80 Å². The topological polar surface area (TPSA) is 26.7 Å². The zero-order chi connectivity index (χ0) is 24.9. The zero-order valence-electron chi connectivity index (χ0n) is 22.3. The van der Waals surface area contributed by atoms with Crippen molar-refractivity contribution in [3.63, 3.8) is 0 Å². The lowest BCUT2D eigenvalue weighted by Crippen LogP contribution is -2.33. The van der Waals surface area contributed by atoms with Crippen LogP contribution >= 0.6 is 0 Å². The second-order valence-electron chi connectivity index (χ2n) is 11.5. The van der Waals surface area contributed by atoms with Gasteiger partial charge in [0.25, 0.3) is 0 Å². The first-order chi connectivity index (χ1) is 17.6. The van der Waals surface area contributed by atoms with Gasteiger partial charge in [0.2, 0.25) is 0 Å². The quantitative estimate of drug-likeness (QED) is 0.436. The summed E-state index contributed by atoms with van der Waals surface area (Å²) >= 11 is 0. The Labute approximate surface area is 218 Å². The van der Waals surface area contributed by atoms with Crippen molar-refractivity contribution in [2.24, 2.45) is 11.8 Å². The Morgan fingerprint density at radius 3 is 1.53 bits per heavy atom. The van der Waals surface area contributed by atoms with Crippen LogP contribution in [0, 0.1) is 11.8 Å². The molecular weight excluding hydrogens is 440 g/mol. The molecule has 2 saturated heterocycles. The van der Waals surface area contributed by atoms with Crippen LogP contribution in [0.5, 0.6) is 0 Å². The van der Waals surface area contributed by atoms with Gasteiger partial charge in [-0.25, -0.2) is 0 Å². The molecule has 5 rings (SSSR count). The maximum absolute atomic E-state index is 11.1. The van der Waals surface area contributed by atoms with Crippen molar-refractivity contribution in [1.29, 1.82) is 0 Å². The van der Waals surface area contributed by atoms with Gasteiger partial charge in [0.1, 0.15) is 6.10 Å². The first kappa shape index (κ1) is 25.4. The van der Waals surface area contributed by atoms with E-state index in [0.717, 1.165) is 48.9 Å². The lowest BCUT2D eigenvalue weighted by Gasteiger charge is -2.29. The molecule has 0 spiro atoms. The summed E-state index contributed by atoms with van der Waals surface area (Å²) in [6.07, 6.45) is 16.0. The maximum atomic E-state index is 11.1. The van der Waals surface area contributed by atoms with Gasteiger partial charge >= 0.3 is 0 Å². The largest absolute Gasteiger partial charge is 0.384 e. The van der Waals surface area contributed by atoms with Crippen LogP contribution in [0.3, 0.4) is 0 Å². The first-order valence-corrected chi connectivity index (χ1v) is 14.3. The van der Waals surface area contributed by atoms with E-state index in [2.05, 4.69) is 84.3 Å². The molecule has 1 aliphatic carbocycles. The van der Waals surface area contributed by atoms with Gasteiger partial charge in [0.05, 0.1) is 0 Å². The van der Waals surface area contributed by atoms with E-state index in [1.807, 2.05) is 0 Å². The molecule has 0 saturated carbocycles. The molecule has 36 heavy (non-hydrogen) atoms. The highest BCUT2D eigenvalue weighted by molar-refractivity contribution is 5.80. The molecule has 1 N–H and O–H groups in total. The Kier molecular flexibility index (Phi) is 8.41. The third kappa shape index (κ3) is 6.19. The second-order valence-corrected chi connectivity index (χ2v) is 11.5. The van der Waals surface area contributed by atoms with Crippen LogP contribution in [0.25, 0.3) is 23.3 Å². The van der Waals surface area contributed by atoms with Crippen LogP contribution in [0.15, 0.2) is 48.6 Å². The summed E-state index contributed by atoms with van der Waals surface area (Å²) in [6.45, 7) is 12.0. The molecule has 0 radical (unpaired) electrons. The number of piperidine rings is 2. The van der Waals surface area contributed by atoms with Crippen LogP contribution in [-0.4, -0.2) is 54.2 Å². The van der Waals surface area contributed by atoms with Gasteiger partial charge < -0.3 is 14.9 Å². The number of aliphatic hydroxyl groups is 1. The molecule has 0 unspecified atom stereocenters. The highest BCUT2D eigenvalue weighted by Crippen LogP contribution is 2.44. The van der Waals surface area contributed by atoms with Crippen LogP contribution in [0.1, 0.15) is 80.7 Å². The van der Waals surface area contributed by atoms with Crippen molar-refractivity contribution < 1.29 is 5.11 Å². The van der Waals surface area contributed by atoms with Crippen molar-refractivity contribution >= 4 is 12.2 Å². The molecule has 3 heteroatoms. The van der Waals surface area contributed by atoms with E-state index in [4.69, 9.17) is 0 Å². The van der Waals surface area contributed by atoms with Crippen molar-refractivity contribution in [3.05, 3.63) is 70.8 Å². The standard InChI is InChI=1S/C33H44N2O/c1-25-13-19-34(20-14-25)17-5-3-7-27-9-11-29-30-12-10-28(24-32(30)33(36)31(29)23-27)8-4-6-18-35-21-15-26(2)16-22-35/h3-4,7-12,23-26,33,36H,5-6,13-22H2,1-2H3. The van der Waals surface area contributed by atoms with Gasteiger partial charge in [-0.15, -0.1) is 0 Å². The zero-order valence-corrected chi connectivity index (χ0v) is 22.3. The summed E-state index contributed by atoms with van der Waals surface area (Å²) in [7, 11) is 0. The molecule has 192 valence electrons. The molecule has 0 bridgehead atoms. The minimum Gasteiger partial charge on any atom is -0.384 e. The van der Waals surface area contributed by atoms with Crippen LogP contribution in [-0.2, 0) is 0 Å². The molecule has 3 aliphatic rings. The van der Waals surface area contributed by atoms with Crippen LogP contribution < -0.4 is 0 Å². The summed E-state index contributed by atoms with van der Waals surface area (Å²) in [6, 6.07) is 13.1. The fourth-order valence-electron chi connectivity index (χ4n) is 6.00. The Bertz CT molecular complexity index is 986. The average Bonchev–Trinajstić information content (AvgIpc) is 3.17. The third-order valence-electron chi connectivity index (χ3n) is 8.63. The van der Waals surface area contributed by atoms with E-state index in [9.17, 15) is 5.11 Å². The Morgan fingerprint density at radius 1 is 0.694 bits per heavy atom. The maximum Gasteiger partial charge on any atom is 0.105 e. The molecule has 0 amide bonds. The molecule has 3 nitrogen and oxygen atoms in total. The van der Waals surface area contributed by atoms with Gasteiger partial charge in [-0.1, -0.05) is 62.4 Å². The summed E-state index contributed by atoms with van der Waals surface area (Å²) in [5.74, 6) is 1.78. The lowest BCUT2D eigenvalue weighted by atomic mass is 9.99.